The Morgan fingerprint density at radius 3 is 2.10 bits per heavy atom. The number of para-hydroxylation sites is 1. The van der Waals surface area contributed by atoms with E-state index in [0.29, 0.717) is 66.0 Å². The molecule has 5 rings (SSSR count). The molecule has 4 aromatic carbocycles. The first-order chi connectivity index (χ1) is 24.1. The number of nitrogens with one attached hydrogen (secondary N) is 1. The van der Waals surface area contributed by atoms with Gasteiger partial charge in [0.1, 0.15) is 5.75 Å². The molecule has 0 fully saturated rings. The Bertz CT molecular complexity index is 1900. The lowest BCUT2D eigenvalue weighted by Crippen LogP contribution is -2.26. The number of fused-ring (bicyclic) bond motifs is 1. The number of aromatic nitrogens is 1. The number of ketones is 1. The summed E-state index contributed by atoms with van der Waals surface area (Å²) < 4.78 is 13.5. The van der Waals surface area contributed by atoms with Crippen LogP contribution < -0.4 is 10.1 Å². The van der Waals surface area contributed by atoms with Crippen molar-refractivity contribution in [1.82, 2.24) is 4.57 Å². The van der Waals surface area contributed by atoms with Crippen LogP contribution in [-0.2, 0) is 33.7 Å². The summed E-state index contributed by atoms with van der Waals surface area (Å²) in [6.07, 6.45) is 3.71. The largest absolute Gasteiger partial charge is 0.476 e. The van der Waals surface area contributed by atoms with Crippen LogP contribution in [-0.4, -0.2) is 28.8 Å². The number of anilines is 1. The number of ether oxygens (including phenoxy) is 2. The number of carbonyl (C=O) groups excluding carboxylic acids is 3. The van der Waals surface area contributed by atoms with Crippen LogP contribution in [0.1, 0.15) is 86.2 Å². The lowest BCUT2D eigenvalue weighted by atomic mass is 9.99. The van der Waals surface area contributed by atoms with Gasteiger partial charge in [-0.1, -0.05) is 94.4 Å². The number of esters is 1. The third kappa shape index (κ3) is 9.50. The Labute approximate surface area is 295 Å². The quantitative estimate of drug-likeness (QED) is 0.0834. The second-order valence-corrected chi connectivity index (χ2v) is 13.6. The lowest BCUT2D eigenvalue weighted by Gasteiger charge is -2.20. The van der Waals surface area contributed by atoms with E-state index < -0.39 is 6.10 Å². The van der Waals surface area contributed by atoms with E-state index in [1.807, 2.05) is 83.6 Å². The van der Waals surface area contributed by atoms with Crippen molar-refractivity contribution in [3.05, 3.63) is 131 Å². The maximum Gasteiger partial charge on any atom is 0.305 e. The summed E-state index contributed by atoms with van der Waals surface area (Å²) in [5.41, 5.74) is 5.74. The van der Waals surface area contributed by atoms with E-state index in [-0.39, 0.29) is 17.7 Å². The summed E-state index contributed by atoms with van der Waals surface area (Å²) in [7, 11) is 0. The smallest absolute Gasteiger partial charge is 0.305 e. The van der Waals surface area contributed by atoms with Crippen LogP contribution in [0.4, 0.5) is 5.69 Å². The topological polar surface area (TPSA) is 86.6 Å². The van der Waals surface area contributed by atoms with Crippen molar-refractivity contribution in [3.63, 3.8) is 0 Å². The average molecular weight is 673 g/mol. The minimum Gasteiger partial charge on any atom is -0.476 e. The summed E-state index contributed by atoms with van der Waals surface area (Å²) in [5.74, 6) is 0.768. The van der Waals surface area contributed by atoms with Gasteiger partial charge in [-0.15, -0.1) is 0 Å². The third-order valence-corrected chi connectivity index (χ3v) is 8.50. The molecule has 7 heteroatoms. The summed E-state index contributed by atoms with van der Waals surface area (Å²) in [6, 6.07) is 30.7. The predicted octanol–water partition coefficient (Wildman–Crippen LogP) is 9.37. The molecular weight excluding hydrogens is 624 g/mol. The van der Waals surface area contributed by atoms with Gasteiger partial charge in [-0.05, 0) is 79.5 Å². The van der Waals surface area contributed by atoms with E-state index in [0.717, 1.165) is 23.7 Å². The Balaban J connectivity index is 1.39. The molecule has 0 aliphatic heterocycles. The normalized spacial score (nSPS) is 11.9. The van der Waals surface area contributed by atoms with Gasteiger partial charge in [0.25, 0.3) is 5.91 Å². The van der Waals surface area contributed by atoms with Crippen molar-refractivity contribution < 1.29 is 23.9 Å². The fraction of sp³-hybridized carbons (Fsp3) is 0.326. The highest BCUT2D eigenvalue weighted by Gasteiger charge is 2.25. The van der Waals surface area contributed by atoms with Gasteiger partial charge in [0, 0.05) is 52.4 Å². The Morgan fingerprint density at radius 2 is 1.44 bits per heavy atom. The fourth-order valence-corrected chi connectivity index (χ4v) is 6.22. The highest BCUT2D eigenvalue weighted by atomic mass is 16.5. The molecule has 1 unspecified atom stereocenters. The molecule has 1 heterocycles. The van der Waals surface area contributed by atoms with Crippen molar-refractivity contribution >= 4 is 34.3 Å². The number of hydrogen-bond acceptors (Lipinski definition) is 5. The number of amides is 1. The SMILES string of the molecule is CCOC(=O)CCCn1cc(C(=O)c2cccc(OC(C(=O)Nc3ccc(CC(C)C)cc3)c3ccc(CC(C)C)cc3)c2)c2ccccc21. The van der Waals surface area contributed by atoms with Gasteiger partial charge >= 0.3 is 5.97 Å². The summed E-state index contributed by atoms with van der Waals surface area (Å²) in [6.45, 7) is 11.4. The number of benzene rings is 4. The highest BCUT2D eigenvalue weighted by Crippen LogP contribution is 2.29. The number of carbonyl (C=O) groups is 3. The van der Waals surface area contributed by atoms with Crippen LogP contribution in [0.15, 0.2) is 103 Å². The van der Waals surface area contributed by atoms with Crippen LogP contribution in [0.3, 0.4) is 0 Å². The van der Waals surface area contributed by atoms with Crippen LogP contribution in [0, 0.1) is 11.8 Å². The monoisotopic (exact) mass is 672 g/mol. The standard InChI is InChI=1S/C43H48N2O5/c1-6-49-40(46)15-10-24-45-28-38(37-13-7-8-14-39(37)45)41(47)34-11-9-12-36(27-34)50-42(33-20-16-31(17-21-33)25-29(2)3)43(48)44-35-22-18-32(19-23-35)26-30(4)5/h7-9,11-14,16-23,27-30,42H,6,10,15,24-26H2,1-5H3,(H,44,48). The molecule has 0 saturated heterocycles. The second kappa shape index (κ2) is 17.0. The molecule has 0 saturated carbocycles. The first kappa shape index (κ1) is 36.1. The fourth-order valence-electron chi connectivity index (χ4n) is 6.22. The van der Waals surface area contributed by atoms with Crippen molar-refractivity contribution in [3.8, 4) is 5.75 Å². The van der Waals surface area contributed by atoms with E-state index >= 15 is 0 Å². The molecule has 1 atom stereocenters. The van der Waals surface area contributed by atoms with Gasteiger partial charge in [0.15, 0.2) is 5.78 Å². The first-order valence-electron chi connectivity index (χ1n) is 17.6. The molecule has 0 spiro atoms. The zero-order chi connectivity index (χ0) is 35.6. The lowest BCUT2D eigenvalue weighted by molar-refractivity contribution is -0.143. The molecule has 260 valence electrons. The van der Waals surface area contributed by atoms with Crippen molar-refractivity contribution in [2.24, 2.45) is 11.8 Å². The van der Waals surface area contributed by atoms with Gasteiger partial charge in [-0.25, -0.2) is 0 Å². The van der Waals surface area contributed by atoms with E-state index in [4.69, 9.17) is 9.47 Å². The highest BCUT2D eigenvalue weighted by molar-refractivity contribution is 6.16. The van der Waals surface area contributed by atoms with Crippen LogP contribution in [0.25, 0.3) is 10.9 Å². The van der Waals surface area contributed by atoms with Gasteiger partial charge in [-0.3, -0.25) is 14.4 Å². The zero-order valence-electron chi connectivity index (χ0n) is 29.8. The number of nitrogens with zero attached hydrogens (tertiary/aromatic N) is 1. The minimum absolute atomic E-state index is 0.156. The van der Waals surface area contributed by atoms with Gasteiger partial charge in [-0.2, -0.15) is 0 Å². The number of hydrogen-bond donors (Lipinski definition) is 1. The van der Waals surface area contributed by atoms with Crippen molar-refractivity contribution in [2.75, 3.05) is 11.9 Å². The number of aryl methyl sites for hydroxylation is 1. The van der Waals surface area contributed by atoms with E-state index in [1.54, 1.807) is 31.2 Å². The summed E-state index contributed by atoms with van der Waals surface area (Å²) >= 11 is 0. The van der Waals surface area contributed by atoms with Gasteiger partial charge in [0.2, 0.25) is 6.10 Å². The Kier molecular flexibility index (Phi) is 12.3. The van der Waals surface area contributed by atoms with Gasteiger partial charge < -0.3 is 19.4 Å². The third-order valence-electron chi connectivity index (χ3n) is 8.50. The summed E-state index contributed by atoms with van der Waals surface area (Å²) in [4.78, 5) is 39.8. The molecule has 0 aliphatic carbocycles. The van der Waals surface area contributed by atoms with Gasteiger partial charge in [0.05, 0.1) is 6.61 Å². The minimum atomic E-state index is -0.954. The van der Waals surface area contributed by atoms with Crippen LogP contribution in [0.5, 0.6) is 5.75 Å². The first-order valence-corrected chi connectivity index (χ1v) is 17.6. The maximum atomic E-state index is 14.0. The molecule has 7 nitrogen and oxygen atoms in total. The van der Waals surface area contributed by atoms with Crippen molar-refractivity contribution in [1.29, 1.82) is 0 Å². The molecular formula is C43H48N2O5. The Morgan fingerprint density at radius 1 is 0.780 bits per heavy atom. The molecule has 5 aromatic rings. The average Bonchev–Trinajstić information content (AvgIpc) is 3.46. The molecule has 0 bridgehead atoms. The molecule has 0 radical (unpaired) electrons. The predicted molar refractivity (Wildman–Crippen MR) is 200 cm³/mol. The molecule has 1 aromatic heterocycles. The molecule has 50 heavy (non-hydrogen) atoms. The summed E-state index contributed by atoms with van der Waals surface area (Å²) in [5, 5.41) is 3.87. The molecule has 1 amide bonds. The molecule has 0 aliphatic rings. The van der Waals surface area contributed by atoms with Crippen LogP contribution >= 0.6 is 0 Å². The maximum absolute atomic E-state index is 14.0. The van der Waals surface area contributed by atoms with Crippen LogP contribution in [0.2, 0.25) is 0 Å². The Hall–Kier alpha value is -5.17. The molecule has 1 N–H and O–H groups in total. The second-order valence-electron chi connectivity index (χ2n) is 13.6. The van der Waals surface area contributed by atoms with E-state index in [9.17, 15) is 14.4 Å². The number of rotatable bonds is 16. The van der Waals surface area contributed by atoms with E-state index in [1.165, 1.54) is 11.1 Å². The zero-order valence-corrected chi connectivity index (χ0v) is 29.8. The van der Waals surface area contributed by atoms with E-state index in [2.05, 4.69) is 33.0 Å². The van der Waals surface area contributed by atoms with Crippen molar-refractivity contribution in [2.45, 2.75) is 73.0 Å².